The molecule has 0 atom stereocenters. The van der Waals surface area contributed by atoms with Crippen LogP contribution in [0.25, 0.3) is 6.08 Å². The first-order valence-electron chi connectivity index (χ1n) is 7.28. The Morgan fingerprint density at radius 2 is 1.92 bits per heavy atom. The molecular formula is C16H17N5OS2. The first-order chi connectivity index (χ1) is 11.4. The first-order valence-corrected chi connectivity index (χ1v) is 8.91. The molecule has 1 amide bonds. The van der Waals surface area contributed by atoms with Crippen molar-refractivity contribution in [3.8, 4) is 0 Å². The molecule has 0 saturated carbocycles. The zero-order chi connectivity index (χ0) is 17.3. The van der Waals surface area contributed by atoms with Crippen molar-refractivity contribution in [2.24, 2.45) is 4.99 Å². The Morgan fingerprint density at radius 3 is 2.50 bits per heavy atom. The van der Waals surface area contributed by atoms with Crippen LogP contribution in [-0.4, -0.2) is 47.3 Å². The number of nitrogens with zero attached hydrogens (tertiary/aromatic N) is 5. The van der Waals surface area contributed by atoms with E-state index in [0.717, 1.165) is 16.3 Å². The normalized spacial score (nSPS) is 18.0. The summed E-state index contributed by atoms with van der Waals surface area (Å²) in [6.07, 6.45) is 1.89. The fraction of sp³-hybridized carbons (Fsp3) is 0.250. The number of aryl methyl sites for hydroxylation is 1. The van der Waals surface area contributed by atoms with Gasteiger partial charge in [0.15, 0.2) is 5.17 Å². The van der Waals surface area contributed by atoms with Gasteiger partial charge in [0.1, 0.15) is 5.01 Å². The molecule has 8 heteroatoms. The van der Waals surface area contributed by atoms with Gasteiger partial charge in [0.05, 0.1) is 4.91 Å². The summed E-state index contributed by atoms with van der Waals surface area (Å²) in [6, 6.07) is 8.05. The van der Waals surface area contributed by atoms with Crippen LogP contribution in [0.4, 0.5) is 10.8 Å². The zero-order valence-electron chi connectivity index (χ0n) is 13.8. The van der Waals surface area contributed by atoms with E-state index in [0.29, 0.717) is 15.2 Å². The Labute approximate surface area is 148 Å². The van der Waals surface area contributed by atoms with Crippen molar-refractivity contribution in [3.63, 3.8) is 0 Å². The maximum atomic E-state index is 12.4. The summed E-state index contributed by atoms with van der Waals surface area (Å²) in [4.78, 5) is 21.1. The molecule has 0 aliphatic carbocycles. The largest absolute Gasteiger partial charge is 0.378 e. The average Bonchev–Trinajstić information content (AvgIpc) is 3.07. The summed E-state index contributed by atoms with van der Waals surface area (Å²) in [5.74, 6) is -0.0586. The third-order valence-electron chi connectivity index (χ3n) is 3.42. The van der Waals surface area contributed by atoms with Crippen LogP contribution in [0.2, 0.25) is 0 Å². The Morgan fingerprint density at radius 1 is 1.21 bits per heavy atom. The number of thioether (sulfide) groups is 1. The number of anilines is 1. The number of benzene rings is 1. The predicted molar refractivity (Wildman–Crippen MR) is 101 cm³/mol. The van der Waals surface area contributed by atoms with Gasteiger partial charge in [0.25, 0.3) is 5.91 Å². The molecule has 1 aliphatic rings. The van der Waals surface area contributed by atoms with E-state index in [1.54, 1.807) is 11.9 Å². The second kappa shape index (κ2) is 6.74. The van der Waals surface area contributed by atoms with E-state index < -0.39 is 0 Å². The molecular weight excluding hydrogens is 342 g/mol. The minimum Gasteiger partial charge on any atom is -0.378 e. The number of aromatic nitrogens is 2. The smallest absolute Gasteiger partial charge is 0.266 e. The third-order valence-corrected chi connectivity index (χ3v) is 5.21. The fourth-order valence-electron chi connectivity index (χ4n) is 2.08. The lowest BCUT2D eigenvalue weighted by molar-refractivity contribution is -0.121. The van der Waals surface area contributed by atoms with E-state index in [9.17, 15) is 4.79 Å². The van der Waals surface area contributed by atoms with Crippen molar-refractivity contribution in [2.75, 3.05) is 26.0 Å². The van der Waals surface area contributed by atoms with Gasteiger partial charge in [0, 0.05) is 26.8 Å². The summed E-state index contributed by atoms with van der Waals surface area (Å²) < 4.78 is 0. The van der Waals surface area contributed by atoms with Gasteiger partial charge in [-0.05, 0) is 42.5 Å². The molecule has 24 heavy (non-hydrogen) atoms. The van der Waals surface area contributed by atoms with Crippen LogP contribution >= 0.6 is 23.1 Å². The molecule has 3 rings (SSSR count). The fourth-order valence-corrected chi connectivity index (χ4v) is 3.67. The van der Waals surface area contributed by atoms with Crippen molar-refractivity contribution in [3.05, 3.63) is 39.7 Å². The minimum atomic E-state index is -0.0586. The van der Waals surface area contributed by atoms with Gasteiger partial charge in [-0.1, -0.05) is 23.5 Å². The summed E-state index contributed by atoms with van der Waals surface area (Å²) in [5, 5.41) is 9.95. The molecule has 1 aromatic carbocycles. The lowest BCUT2D eigenvalue weighted by atomic mass is 10.2. The third kappa shape index (κ3) is 3.49. The second-order valence-electron chi connectivity index (χ2n) is 5.46. The van der Waals surface area contributed by atoms with E-state index >= 15 is 0 Å². The average molecular weight is 359 g/mol. The highest BCUT2D eigenvalue weighted by atomic mass is 32.2. The minimum absolute atomic E-state index is 0.0586. The van der Waals surface area contributed by atoms with Crippen molar-refractivity contribution in [1.82, 2.24) is 15.1 Å². The van der Waals surface area contributed by atoms with E-state index in [-0.39, 0.29) is 5.91 Å². The SMILES string of the molecule is Cc1nnc(/N=C2/S/C(=C\c3ccc(N(C)C)cc3)C(=O)N2C)s1. The van der Waals surface area contributed by atoms with Crippen molar-refractivity contribution < 1.29 is 4.79 Å². The van der Waals surface area contributed by atoms with E-state index in [2.05, 4.69) is 15.2 Å². The summed E-state index contributed by atoms with van der Waals surface area (Å²) >= 11 is 2.75. The molecule has 1 aromatic heterocycles. The monoisotopic (exact) mass is 359 g/mol. The zero-order valence-corrected chi connectivity index (χ0v) is 15.5. The molecule has 124 valence electrons. The Bertz CT molecular complexity index is 823. The maximum absolute atomic E-state index is 12.4. The number of hydrogen-bond acceptors (Lipinski definition) is 7. The number of carbonyl (C=O) groups is 1. The van der Waals surface area contributed by atoms with Gasteiger partial charge in [-0.2, -0.15) is 4.99 Å². The highest BCUT2D eigenvalue weighted by Gasteiger charge is 2.30. The Kier molecular flexibility index (Phi) is 4.68. The number of hydrogen-bond donors (Lipinski definition) is 0. The molecule has 0 unspecified atom stereocenters. The van der Waals surface area contributed by atoms with Crippen LogP contribution < -0.4 is 4.90 Å². The van der Waals surface area contributed by atoms with E-state index in [4.69, 9.17) is 0 Å². The number of rotatable bonds is 3. The van der Waals surface area contributed by atoms with Crippen LogP contribution in [0.3, 0.4) is 0 Å². The molecule has 0 bridgehead atoms. The van der Waals surface area contributed by atoms with Gasteiger partial charge in [-0.15, -0.1) is 10.2 Å². The van der Waals surface area contributed by atoms with Crippen molar-refractivity contribution in [2.45, 2.75) is 6.92 Å². The van der Waals surface area contributed by atoms with Gasteiger partial charge in [-0.25, -0.2) is 0 Å². The van der Waals surface area contributed by atoms with E-state index in [1.807, 2.05) is 56.3 Å². The van der Waals surface area contributed by atoms with Crippen LogP contribution in [0.5, 0.6) is 0 Å². The summed E-state index contributed by atoms with van der Waals surface area (Å²) in [7, 11) is 5.71. The molecule has 1 aliphatic heterocycles. The molecule has 2 heterocycles. The maximum Gasteiger partial charge on any atom is 0.266 e. The van der Waals surface area contributed by atoms with Crippen molar-refractivity contribution in [1.29, 1.82) is 0 Å². The van der Waals surface area contributed by atoms with Crippen molar-refractivity contribution >= 4 is 51.1 Å². The highest BCUT2D eigenvalue weighted by Crippen LogP contribution is 2.33. The van der Waals surface area contributed by atoms with Crippen LogP contribution in [0.1, 0.15) is 10.6 Å². The number of likely N-dealkylation sites (N-methyl/N-ethyl adjacent to an activating group) is 1. The molecule has 0 spiro atoms. The highest BCUT2D eigenvalue weighted by molar-refractivity contribution is 8.18. The van der Waals surface area contributed by atoms with E-state index in [1.165, 1.54) is 23.1 Å². The lowest BCUT2D eigenvalue weighted by Gasteiger charge is -2.11. The number of amidine groups is 1. The summed E-state index contributed by atoms with van der Waals surface area (Å²) in [6.45, 7) is 1.88. The summed E-state index contributed by atoms with van der Waals surface area (Å²) in [5.41, 5.74) is 2.10. The van der Waals surface area contributed by atoms with Crippen LogP contribution in [0.15, 0.2) is 34.2 Å². The predicted octanol–water partition coefficient (Wildman–Crippen LogP) is 3.15. The second-order valence-corrected chi connectivity index (χ2v) is 7.63. The first kappa shape index (κ1) is 16.7. The molecule has 1 fully saturated rings. The van der Waals surface area contributed by atoms with Crippen LogP contribution in [0, 0.1) is 6.92 Å². The quantitative estimate of drug-likeness (QED) is 0.788. The Hall–Kier alpha value is -2.19. The number of carbonyl (C=O) groups excluding carboxylic acids is 1. The van der Waals surface area contributed by atoms with Gasteiger partial charge >= 0.3 is 0 Å². The molecule has 0 radical (unpaired) electrons. The lowest BCUT2D eigenvalue weighted by Crippen LogP contribution is -2.23. The topological polar surface area (TPSA) is 61.7 Å². The molecule has 6 nitrogen and oxygen atoms in total. The van der Waals surface area contributed by atoms with Gasteiger partial charge in [0.2, 0.25) is 5.13 Å². The number of aliphatic imine (C=N–C) groups is 1. The number of amides is 1. The standard InChI is InChI=1S/C16H17N5OS2/c1-10-18-19-15(23-10)17-16-21(4)14(22)13(24-16)9-11-5-7-12(8-6-11)20(2)3/h5-9H,1-4H3/b13-9-,17-16+. The molecule has 2 aromatic rings. The van der Waals surface area contributed by atoms with Gasteiger partial charge < -0.3 is 4.90 Å². The van der Waals surface area contributed by atoms with Crippen LogP contribution in [-0.2, 0) is 4.79 Å². The molecule has 0 N–H and O–H groups in total. The van der Waals surface area contributed by atoms with Gasteiger partial charge in [-0.3, -0.25) is 9.69 Å². The molecule has 1 saturated heterocycles. The Balaban J connectivity index is 1.84.